The molecule has 3 heterocycles. The Bertz CT molecular complexity index is 1220. The highest BCUT2D eigenvalue weighted by molar-refractivity contribution is 6.31. The number of fused-ring (bicyclic) bond motifs is 3. The van der Waals surface area contributed by atoms with Gasteiger partial charge in [-0.05, 0) is 36.6 Å². The lowest BCUT2D eigenvalue weighted by Gasteiger charge is -2.20. The minimum atomic E-state index is -0.279. The fraction of sp³-hybridized carbons (Fsp3) is 0.318. The number of hydrogen-bond donors (Lipinski definition) is 0. The van der Waals surface area contributed by atoms with E-state index in [0.717, 1.165) is 43.0 Å². The van der Waals surface area contributed by atoms with Crippen molar-refractivity contribution in [3.63, 3.8) is 0 Å². The van der Waals surface area contributed by atoms with Gasteiger partial charge >= 0.3 is 0 Å². The summed E-state index contributed by atoms with van der Waals surface area (Å²) in [6, 6.07) is 15.5. The molecule has 4 aromatic rings. The van der Waals surface area contributed by atoms with Crippen LogP contribution in [-0.4, -0.2) is 32.3 Å². The van der Waals surface area contributed by atoms with Crippen LogP contribution in [0.3, 0.4) is 0 Å². The molecule has 5 rings (SSSR count). The number of benzene rings is 2. The largest absolute Gasteiger partial charge is 0.341 e. The Hall–Kier alpha value is -2.86. The Labute approximate surface area is 173 Å². The highest BCUT2D eigenvalue weighted by Crippen LogP contribution is 2.25. The smallest absolute Gasteiger partial charge is 0.282 e. The van der Waals surface area contributed by atoms with Crippen LogP contribution in [0.25, 0.3) is 16.7 Å². The molecule has 0 N–H and O–H groups in total. The van der Waals surface area contributed by atoms with Crippen LogP contribution in [0.15, 0.2) is 53.3 Å². The van der Waals surface area contributed by atoms with Crippen LogP contribution in [0.2, 0.25) is 5.02 Å². The zero-order chi connectivity index (χ0) is 19.8. The van der Waals surface area contributed by atoms with Gasteiger partial charge in [0.25, 0.3) is 5.56 Å². The number of halogens is 1. The molecule has 1 aliphatic heterocycles. The van der Waals surface area contributed by atoms with Gasteiger partial charge in [-0.2, -0.15) is 4.98 Å². The van der Waals surface area contributed by atoms with Crippen molar-refractivity contribution in [2.75, 3.05) is 18.0 Å². The monoisotopic (exact) mass is 407 g/mol. The lowest BCUT2D eigenvalue weighted by molar-refractivity contribution is 0.685. The molecule has 0 aliphatic carbocycles. The molecular formula is C22H22ClN5O. The van der Waals surface area contributed by atoms with Gasteiger partial charge in [-0.25, -0.2) is 9.08 Å². The van der Waals surface area contributed by atoms with E-state index >= 15 is 0 Å². The first-order valence-corrected chi connectivity index (χ1v) is 10.5. The third-order valence-electron chi connectivity index (χ3n) is 5.54. The van der Waals surface area contributed by atoms with E-state index in [1.165, 1.54) is 12.8 Å². The maximum absolute atomic E-state index is 12.8. The van der Waals surface area contributed by atoms with Crippen LogP contribution in [0.5, 0.6) is 0 Å². The highest BCUT2D eigenvalue weighted by Gasteiger charge is 2.21. The molecule has 1 saturated heterocycles. The lowest BCUT2D eigenvalue weighted by Crippen LogP contribution is -2.26. The van der Waals surface area contributed by atoms with Crippen LogP contribution in [0.1, 0.15) is 31.2 Å². The van der Waals surface area contributed by atoms with E-state index in [1.807, 2.05) is 39.4 Å². The van der Waals surface area contributed by atoms with Gasteiger partial charge in [-0.15, -0.1) is 5.10 Å². The van der Waals surface area contributed by atoms with E-state index in [-0.39, 0.29) is 5.56 Å². The fourth-order valence-corrected chi connectivity index (χ4v) is 4.26. The average Bonchev–Trinajstić information content (AvgIpc) is 2.91. The summed E-state index contributed by atoms with van der Waals surface area (Å²) in [7, 11) is 0. The van der Waals surface area contributed by atoms with Gasteiger partial charge in [0.1, 0.15) is 0 Å². The van der Waals surface area contributed by atoms with Gasteiger partial charge in [-0.1, -0.05) is 54.8 Å². The fourth-order valence-electron chi connectivity index (χ4n) is 4.09. The van der Waals surface area contributed by atoms with E-state index in [1.54, 1.807) is 6.07 Å². The van der Waals surface area contributed by atoms with Gasteiger partial charge in [0.2, 0.25) is 11.7 Å². The summed E-state index contributed by atoms with van der Waals surface area (Å²) >= 11 is 6.16. The molecule has 0 bridgehead atoms. The van der Waals surface area contributed by atoms with E-state index in [9.17, 15) is 4.79 Å². The molecule has 1 aliphatic rings. The van der Waals surface area contributed by atoms with Crippen LogP contribution >= 0.6 is 11.6 Å². The SMILES string of the molecule is O=c1nc2n(Cc3ccccc3)nc(N3CCCCCC3)n2c2ccc(Cl)cc12. The molecular weight excluding hydrogens is 386 g/mol. The minimum Gasteiger partial charge on any atom is -0.341 e. The molecule has 0 unspecified atom stereocenters. The quantitative estimate of drug-likeness (QED) is 0.512. The van der Waals surface area contributed by atoms with Crippen LogP contribution in [-0.2, 0) is 6.54 Å². The molecule has 0 radical (unpaired) electrons. The van der Waals surface area contributed by atoms with Crippen molar-refractivity contribution in [1.29, 1.82) is 0 Å². The summed E-state index contributed by atoms with van der Waals surface area (Å²) in [6.45, 7) is 2.47. The van der Waals surface area contributed by atoms with Gasteiger partial charge in [0.05, 0.1) is 17.4 Å². The molecule has 1 fully saturated rings. The molecule has 0 spiro atoms. The van der Waals surface area contributed by atoms with Crippen molar-refractivity contribution in [3.8, 4) is 0 Å². The van der Waals surface area contributed by atoms with Crippen molar-refractivity contribution in [2.45, 2.75) is 32.2 Å². The van der Waals surface area contributed by atoms with E-state index < -0.39 is 0 Å². The van der Waals surface area contributed by atoms with Crippen LogP contribution in [0, 0.1) is 0 Å². The second kappa shape index (κ2) is 7.52. The topological polar surface area (TPSA) is 55.4 Å². The highest BCUT2D eigenvalue weighted by atomic mass is 35.5. The van der Waals surface area contributed by atoms with Gasteiger partial charge in [0.15, 0.2) is 0 Å². The third-order valence-corrected chi connectivity index (χ3v) is 5.77. The van der Waals surface area contributed by atoms with Gasteiger partial charge < -0.3 is 4.90 Å². The Morgan fingerprint density at radius 3 is 2.48 bits per heavy atom. The maximum atomic E-state index is 12.8. The summed E-state index contributed by atoms with van der Waals surface area (Å²) < 4.78 is 3.85. The minimum absolute atomic E-state index is 0.279. The first kappa shape index (κ1) is 18.2. The van der Waals surface area contributed by atoms with Gasteiger partial charge in [-0.3, -0.25) is 4.79 Å². The summed E-state index contributed by atoms with van der Waals surface area (Å²) in [4.78, 5) is 19.5. The summed E-state index contributed by atoms with van der Waals surface area (Å²) in [5.74, 6) is 1.41. The molecule has 0 atom stereocenters. The van der Waals surface area contributed by atoms with Crippen molar-refractivity contribution in [1.82, 2.24) is 19.2 Å². The Morgan fingerprint density at radius 1 is 0.966 bits per heavy atom. The molecule has 0 saturated carbocycles. The lowest BCUT2D eigenvalue weighted by atomic mass is 10.2. The normalized spacial score (nSPS) is 15.1. The van der Waals surface area contributed by atoms with Crippen molar-refractivity contribution in [2.24, 2.45) is 0 Å². The second-order valence-electron chi connectivity index (χ2n) is 7.56. The third kappa shape index (κ3) is 3.38. The van der Waals surface area contributed by atoms with E-state index in [0.29, 0.717) is 22.7 Å². The molecule has 29 heavy (non-hydrogen) atoms. The first-order chi connectivity index (χ1) is 14.2. The summed E-state index contributed by atoms with van der Waals surface area (Å²) in [5.41, 5.74) is 1.63. The Morgan fingerprint density at radius 2 is 1.72 bits per heavy atom. The zero-order valence-electron chi connectivity index (χ0n) is 16.1. The number of nitrogens with zero attached hydrogens (tertiary/aromatic N) is 5. The first-order valence-electron chi connectivity index (χ1n) is 10.1. The second-order valence-corrected chi connectivity index (χ2v) is 7.99. The standard InChI is InChI=1S/C22H22ClN5O/c23-17-10-11-19-18(14-17)20(29)24-21-27(15-16-8-4-3-5-9-16)25-22(28(19)21)26-12-6-1-2-7-13-26/h3-5,8-11,14H,1-2,6-7,12-13,15H2. The average molecular weight is 408 g/mol. The number of aromatic nitrogens is 4. The number of anilines is 1. The molecule has 2 aromatic carbocycles. The van der Waals surface area contributed by atoms with Crippen LogP contribution in [0.4, 0.5) is 5.95 Å². The predicted molar refractivity (Wildman–Crippen MR) is 116 cm³/mol. The summed E-state index contributed by atoms with van der Waals surface area (Å²) in [5, 5.41) is 5.99. The number of rotatable bonds is 3. The Balaban J connectivity index is 1.76. The molecule has 6 nitrogen and oxygen atoms in total. The predicted octanol–water partition coefficient (Wildman–Crippen LogP) is 4.13. The van der Waals surface area contributed by atoms with E-state index in [2.05, 4.69) is 22.0 Å². The summed E-state index contributed by atoms with van der Waals surface area (Å²) in [6.07, 6.45) is 4.77. The van der Waals surface area contributed by atoms with Crippen LogP contribution < -0.4 is 10.5 Å². The van der Waals surface area contributed by atoms with Crippen molar-refractivity contribution >= 4 is 34.2 Å². The van der Waals surface area contributed by atoms with E-state index in [4.69, 9.17) is 16.7 Å². The number of hydrogen-bond acceptors (Lipinski definition) is 4. The van der Waals surface area contributed by atoms with Crippen molar-refractivity contribution in [3.05, 3.63) is 69.5 Å². The Kier molecular flexibility index (Phi) is 4.72. The van der Waals surface area contributed by atoms with Crippen molar-refractivity contribution < 1.29 is 0 Å². The maximum Gasteiger partial charge on any atom is 0.282 e. The molecule has 148 valence electrons. The zero-order valence-corrected chi connectivity index (χ0v) is 16.8. The molecule has 0 amide bonds. The molecule has 7 heteroatoms. The molecule has 2 aromatic heterocycles. The van der Waals surface area contributed by atoms with Gasteiger partial charge in [0, 0.05) is 18.1 Å².